The molecule has 176 valence electrons. The third-order valence-corrected chi connectivity index (χ3v) is 7.00. The molecule has 0 unspecified atom stereocenters. The lowest BCUT2D eigenvalue weighted by Gasteiger charge is -2.25. The van der Waals surface area contributed by atoms with E-state index in [1.165, 1.54) is 37.7 Å². The van der Waals surface area contributed by atoms with Crippen LogP contribution in [0.2, 0.25) is 0 Å². The van der Waals surface area contributed by atoms with Crippen LogP contribution in [0.1, 0.15) is 54.6 Å². The molecule has 2 N–H and O–H groups in total. The van der Waals surface area contributed by atoms with Crippen LogP contribution >= 0.6 is 0 Å². The minimum absolute atomic E-state index is 0.120. The monoisotopic (exact) mass is 457 g/mol. The number of carbonyl (C=O) groups excluding carboxylic acids is 1. The highest BCUT2D eigenvalue weighted by molar-refractivity contribution is 5.92. The quantitative estimate of drug-likeness (QED) is 0.527. The summed E-state index contributed by atoms with van der Waals surface area (Å²) in [7, 11) is 1.69. The lowest BCUT2D eigenvalue weighted by atomic mass is 9.85. The lowest BCUT2D eigenvalue weighted by Crippen LogP contribution is -2.21. The van der Waals surface area contributed by atoms with Gasteiger partial charge in [0.15, 0.2) is 5.82 Å². The van der Waals surface area contributed by atoms with Crippen LogP contribution in [-0.2, 0) is 30.5 Å². The first-order valence-corrected chi connectivity index (χ1v) is 12.2. The van der Waals surface area contributed by atoms with Crippen molar-refractivity contribution < 1.29 is 14.6 Å². The maximum absolute atomic E-state index is 12.9. The molecule has 1 heterocycles. The highest BCUT2D eigenvalue weighted by Gasteiger charge is 2.25. The van der Waals surface area contributed by atoms with Gasteiger partial charge in [0.2, 0.25) is 5.91 Å². The maximum Gasteiger partial charge on any atom is 0.229 e. The normalized spacial score (nSPS) is 15.3. The number of aromatic nitrogens is 2. The Kier molecular flexibility index (Phi) is 6.48. The van der Waals surface area contributed by atoms with Crippen LogP contribution in [0, 0.1) is 5.92 Å². The van der Waals surface area contributed by atoms with Crippen molar-refractivity contribution in [3.05, 3.63) is 65.0 Å². The number of phenols is 1. The molecule has 0 spiro atoms. The fourth-order valence-electron chi connectivity index (χ4n) is 5.17. The first-order chi connectivity index (χ1) is 16.6. The van der Waals surface area contributed by atoms with Crippen LogP contribution in [0.25, 0.3) is 11.3 Å². The van der Waals surface area contributed by atoms with E-state index in [1.54, 1.807) is 31.4 Å². The maximum atomic E-state index is 12.9. The summed E-state index contributed by atoms with van der Waals surface area (Å²) >= 11 is 0. The highest BCUT2D eigenvalue weighted by atomic mass is 16.5. The number of carbonyl (C=O) groups is 1. The number of nitrogens with one attached hydrogen (secondary N) is 1. The number of fused-ring (bicyclic) bond motifs is 3. The fraction of sp³-hybridized carbons (Fsp3) is 0.393. The molecule has 0 saturated heterocycles. The minimum Gasteiger partial charge on any atom is -0.508 e. The predicted octanol–water partition coefficient (Wildman–Crippen LogP) is 5.26. The second kappa shape index (κ2) is 9.84. The lowest BCUT2D eigenvalue weighted by molar-refractivity contribution is -0.115. The number of phenolic OH excluding ortho intramolecular Hbond substituents is 1. The smallest absolute Gasteiger partial charge is 0.229 e. The zero-order chi connectivity index (χ0) is 23.5. The van der Waals surface area contributed by atoms with Crippen molar-refractivity contribution >= 4 is 11.7 Å². The van der Waals surface area contributed by atoms with Gasteiger partial charge >= 0.3 is 0 Å². The summed E-state index contributed by atoms with van der Waals surface area (Å²) < 4.78 is 5.41. The molecule has 34 heavy (non-hydrogen) atoms. The van der Waals surface area contributed by atoms with Crippen LogP contribution in [-0.4, -0.2) is 28.1 Å². The molecule has 6 nitrogen and oxygen atoms in total. The first kappa shape index (κ1) is 22.4. The van der Waals surface area contributed by atoms with Crippen molar-refractivity contribution in [1.29, 1.82) is 0 Å². The van der Waals surface area contributed by atoms with Crippen molar-refractivity contribution in [2.45, 2.75) is 57.8 Å². The number of amides is 1. The number of methoxy groups -OCH3 is 1. The third-order valence-electron chi connectivity index (χ3n) is 7.00. The van der Waals surface area contributed by atoms with Crippen molar-refractivity contribution in [2.24, 2.45) is 5.92 Å². The summed E-state index contributed by atoms with van der Waals surface area (Å²) in [6, 6.07) is 12.9. The number of rotatable bonds is 6. The van der Waals surface area contributed by atoms with Crippen molar-refractivity contribution in [1.82, 2.24) is 9.97 Å². The van der Waals surface area contributed by atoms with Gasteiger partial charge in [0.25, 0.3) is 0 Å². The Morgan fingerprint density at radius 3 is 2.62 bits per heavy atom. The minimum atomic E-state index is -0.120. The Hall–Kier alpha value is -3.41. The van der Waals surface area contributed by atoms with Gasteiger partial charge in [-0.3, -0.25) is 4.79 Å². The van der Waals surface area contributed by atoms with E-state index in [1.807, 2.05) is 6.07 Å². The Morgan fingerprint density at radius 1 is 1.06 bits per heavy atom. The number of hydrogen-bond donors (Lipinski definition) is 2. The average molecular weight is 458 g/mol. The van der Waals surface area contributed by atoms with Crippen LogP contribution in [0.15, 0.2) is 42.5 Å². The molecule has 0 radical (unpaired) electrons. The molecule has 0 aliphatic heterocycles. The van der Waals surface area contributed by atoms with E-state index < -0.39 is 0 Å². The Bertz CT molecular complexity index is 1180. The van der Waals surface area contributed by atoms with E-state index in [2.05, 4.69) is 17.4 Å². The number of hydrogen-bond acceptors (Lipinski definition) is 5. The SMILES string of the molecule is COc1ccc2c(c1)CCc1nc(NC(=O)Cc3ccc(O)cc3)c(CC3CCCCC3)nc1-2. The zero-order valence-electron chi connectivity index (χ0n) is 19.6. The zero-order valence-corrected chi connectivity index (χ0v) is 19.6. The summed E-state index contributed by atoms with van der Waals surface area (Å²) in [5, 5.41) is 12.6. The predicted molar refractivity (Wildman–Crippen MR) is 132 cm³/mol. The number of anilines is 1. The van der Waals surface area contributed by atoms with Gasteiger partial charge in [0, 0.05) is 5.56 Å². The van der Waals surface area contributed by atoms with E-state index >= 15 is 0 Å². The Balaban J connectivity index is 1.46. The molecule has 5 rings (SSSR count). The van der Waals surface area contributed by atoms with Gasteiger partial charge in [-0.05, 0) is 66.6 Å². The van der Waals surface area contributed by atoms with E-state index in [0.717, 1.165) is 53.2 Å². The molecule has 2 aliphatic rings. The molecular formula is C28H31N3O3. The standard InChI is InChI=1S/C28H31N3O3/c1-34-22-12-13-23-20(17-22)9-14-24-27(23)29-25(15-18-5-3-2-4-6-18)28(30-24)31-26(33)16-19-7-10-21(32)11-8-19/h7-8,10-13,17-18,32H,2-6,9,14-16H2,1H3,(H,30,31,33). The molecule has 2 aliphatic carbocycles. The van der Waals surface area contributed by atoms with Gasteiger partial charge in [-0.15, -0.1) is 0 Å². The Labute approximate surface area is 200 Å². The fourth-order valence-corrected chi connectivity index (χ4v) is 5.17. The molecule has 6 heteroatoms. The number of aromatic hydroxyl groups is 1. The third kappa shape index (κ3) is 4.91. The number of benzene rings is 2. The number of ether oxygens (including phenoxy) is 1. The summed E-state index contributed by atoms with van der Waals surface area (Å²) in [4.78, 5) is 23.0. The van der Waals surface area contributed by atoms with Crippen LogP contribution < -0.4 is 10.1 Å². The highest BCUT2D eigenvalue weighted by Crippen LogP contribution is 2.36. The van der Waals surface area contributed by atoms with Gasteiger partial charge in [0.05, 0.1) is 30.6 Å². The van der Waals surface area contributed by atoms with Crippen molar-refractivity contribution in [3.8, 4) is 22.8 Å². The van der Waals surface area contributed by atoms with Crippen molar-refractivity contribution in [2.75, 3.05) is 12.4 Å². The first-order valence-electron chi connectivity index (χ1n) is 12.2. The second-order valence-electron chi connectivity index (χ2n) is 9.44. The largest absolute Gasteiger partial charge is 0.508 e. The summed E-state index contributed by atoms with van der Waals surface area (Å²) in [6.45, 7) is 0. The van der Waals surface area contributed by atoms with Crippen LogP contribution in [0.4, 0.5) is 5.82 Å². The average Bonchev–Trinajstić information content (AvgIpc) is 2.86. The molecule has 2 aromatic carbocycles. The molecule has 1 amide bonds. The number of nitrogens with zero attached hydrogens (tertiary/aromatic N) is 2. The van der Waals surface area contributed by atoms with Crippen molar-refractivity contribution in [3.63, 3.8) is 0 Å². The Morgan fingerprint density at radius 2 is 1.85 bits per heavy atom. The molecule has 1 aromatic heterocycles. The van der Waals surface area contributed by atoms with Gasteiger partial charge in [-0.25, -0.2) is 9.97 Å². The number of aryl methyl sites for hydroxylation is 2. The molecule has 0 bridgehead atoms. The summed E-state index contributed by atoms with van der Waals surface area (Å²) in [5.41, 5.74) is 5.94. The van der Waals surface area contributed by atoms with Crippen LogP contribution in [0.5, 0.6) is 11.5 Å². The summed E-state index contributed by atoms with van der Waals surface area (Å²) in [6.07, 6.45) is 8.94. The molecule has 1 saturated carbocycles. The molecule has 3 aromatic rings. The molecular weight excluding hydrogens is 426 g/mol. The van der Waals surface area contributed by atoms with E-state index in [9.17, 15) is 9.90 Å². The van der Waals surface area contributed by atoms with Gasteiger partial charge in [-0.1, -0.05) is 44.2 Å². The van der Waals surface area contributed by atoms with Gasteiger partial charge < -0.3 is 15.2 Å². The van der Waals surface area contributed by atoms with Gasteiger partial charge in [0.1, 0.15) is 11.5 Å². The molecule has 0 atom stereocenters. The van der Waals surface area contributed by atoms with Gasteiger partial charge in [-0.2, -0.15) is 0 Å². The second-order valence-corrected chi connectivity index (χ2v) is 9.44. The molecule has 1 fully saturated rings. The van der Waals surface area contributed by atoms with Crippen LogP contribution in [0.3, 0.4) is 0 Å². The summed E-state index contributed by atoms with van der Waals surface area (Å²) in [5.74, 6) is 2.11. The van der Waals surface area contributed by atoms with E-state index in [-0.39, 0.29) is 18.1 Å². The van der Waals surface area contributed by atoms with E-state index in [4.69, 9.17) is 14.7 Å². The topological polar surface area (TPSA) is 84.3 Å². The van der Waals surface area contributed by atoms with E-state index in [0.29, 0.717) is 11.7 Å².